The zero-order valence-electron chi connectivity index (χ0n) is 10.1. The van der Waals surface area contributed by atoms with Crippen LogP contribution in [-0.2, 0) is 0 Å². The molecule has 1 aromatic rings. The molecule has 0 aromatic carbocycles. The minimum absolute atomic E-state index is 0.625. The zero-order chi connectivity index (χ0) is 11.9. The lowest BCUT2D eigenvalue weighted by Gasteiger charge is -2.26. The zero-order valence-corrected chi connectivity index (χ0v) is 10.1. The van der Waals surface area contributed by atoms with Gasteiger partial charge in [-0.3, -0.25) is 4.90 Å². The molecular weight excluding hydrogens is 216 g/mol. The Morgan fingerprint density at radius 1 is 1.35 bits per heavy atom. The number of aromatic nitrogens is 1. The molecule has 0 spiro atoms. The molecule has 5 heteroatoms. The summed E-state index contributed by atoms with van der Waals surface area (Å²) >= 11 is 0. The highest BCUT2D eigenvalue weighted by Crippen LogP contribution is 2.14. The van der Waals surface area contributed by atoms with Crippen molar-refractivity contribution in [3.63, 3.8) is 0 Å². The summed E-state index contributed by atoms with van der Waals surface area (Å²) in [4.78, 5) is 6.48. The third kappa shape index (κ3) is 3.87. The summed E-state index contributed by atoms with van der Waals surface area (Å²) in [6, 6.07) is 3.65. The maximum absolute atomic E-state index is 5.67. The predicted molar refractivity (Wildman–Crippen MR) is 67.8 cm³/mol. The van der Waals surface area contributed by atoms with Crippen LogP contribution in [0.2, 0.25) is 0 Å². The number of piperidine rings is 1. The van der Waals surface area contributed by atoms with Gasteiger partial charge in [-0.25, -0.2) is 10.8 Å². The molecule has 0 bridgehead atoms. The summed E-state index contributed by atoms with van der Waals surface area (Å²) in [5.74, 6) is 6.72. The first-order valence-electron chi connectivity index (χ1n) is 6.16. The maximum atomic E-state index is 5.67. The highest BCUT2D eigenvalue weighted by Gasteiger charge is 2.09. The minimum atomic E-state index is 0.625. The number of ether oxygens (including phenoxy) is 1. The second-order valence-corrected chi connectivity index (χ2v) is 4.27. The minimum Gasteiger partial charge on any atom is -0.492 e. The van der Waals surface area contributed by atoms with Gasteiger partial charge in [0, 0.05) is 18.8 Å². The van der Waals surface area contributed by atoms with Crippen LogP contribution in [0, 0.1) is 0 Å². The van der Waals surface area contributed by atoms with E-state index in [9.17, 15) is 0 Å². The Bertz CT molecular complexity index is 339. The van der Waals surface area contributed by atoms with Crippen LogP contribution in [0.25, 0.3) is 0 Å². The van der Waals surface area contributed by atoms with Crippen molar-refractivity contribution >= 4 is 5.82 Å². The molecule has 0 unspecified atom stereocenters. The number of nitrogens with two attached hydrogens (primary N) is 1. The molecule has 17 heavy (non-hydrogen) atoms. The van der Waals surface area contributed by atoms with Gasteiger partial charge in [-0.2, -0.15) is 0 Å². The van der Waals surface area contributed by atoms with E-state index < -0.39 is 0 Å². The van der Waals surface area contributed by atoms with E-state index in [-0.39, 0.29) is 0 Å². The Morgan fingerprint density at radius 3 is 2.94 bits per heavy atom. The van der Waals surface area contributed by atoms with Crippen molar-refractivity contribution in [1.82, 2.24) is 9.88 Å². The van der Waals surface area contributed by atoms with Crippen molar-refractivity contribution in [2.24, 2.45) is 5.84 Å². The van der Waals surface area contributed by atoms with Crippen molar-refractivity contribution < 1.29 is 4.74 Å². The fraction of sp³-hybridized carbons (Fsp3) is 0.583. The van der Waals surface area contributed by atoms with Crippen molar-refractivity contribution in [1.29, 1.82) is 0 Å². The van der Waals surface area contributed by atoms with E-state index in [1.165, 1.54) is 32.4 Å². The molecular formula is C12H20N4O. The van der Waals surface area contributed by atoms with E-state index in [1.54, 1.807) is 12.3 Å². The lowest BCUT2D eigenvalue weighted by atomic mass is 10.1. The highest BCUT2D eigenvalue weighted by molar-refractivity contribution is 5.39. The molecule has 0 aliphatic carbocycles. The summed E-state index contributed by atoms with van der Waals surface area (Å²) in [5.41, 5.74) is 2.51. The van der Waals surface area contributed by atoms with Gasteiger partial charge in [0.15, 0.2) is 0 Å². The number of hydrogen-bond acceptors (Lipinski definition) is 5. The molecule has 3 N–H and O–H groups in total. The Labute approximate surface area is 102 Å². The van der Waals surface area contributed by atoms with Crippen molar-refractivity contribution in [3.8, 4) is 5.75 Å². The fourth-order valence-corrected chi connectivity index (χ4v) is 2.06. The molecule has 5 nitrogen and oxygen atoms in total. The number of pyridine rings is 1. The van der Waals surface area contributed by atoms with Gasteiger partial charge in [0.25, 0.3) is 0 Å². The largest absolute Gasteiger partial charge is 0.492 e. The molecule has 1 saturated heterocycles. The second-order valence-electron chi connectivity index (χ2n) is 4.27. The molecule has 2 heterocycles. The molecule has 0 radical (unpaired) electrons. The Hall–Kier alpha value is -1.33. The SMILES string of the molecule is NNc1cc(OCCN2CCCCC2)ccn1. The van der Waals surface area contributed by atoms with Gasteiger partial charge >= 0.3 is 0 Å². The van der Waals surface area contributed by atoms with Crippen LogP contribution in [0.15, 0.2) is 18.3 Å². The lowest BCUT2D eigenvalue weighted by Crippen LogP contribution is -2.33. The topological polar surface area (TPSA) is 63.4 Å². The summed E-state index contributed by atoms with van der Waals surface area (Å²) in [5, 5.41) is 0. The fourth-order valence-electron chi connectivity index (χ4n) is 2.06. The van der Waals surface area contributed by atoms with Gasteiger partial charge in [-0.15, -0.1) is 0 Å². The Kier molecular flexibility index (Phi) is 4.58. The molecule has 1 aliphatic rings. The number of hydrazine groups is 1. The first kappa shape index (κ1) is 12.1. The van der Waals surface area contributed by atoms with Crippen molar-refractivity contribution in [2.45, 2.75) is 19.3 Å². The average Bonchev–Trinajstić information content (AvgIpc) is 2.40. The molecule has 0 amide bonds. The first-order valence-corrected chi connectivity index (χ1v) is 6.16. The Balaban J connectivity index is 1.73. The average molecular weight is 236 g/mol. The number of likely N-dealkylation sites (tertiary alicyclic amines) is 1. The predicted octanol–water partition coefficient (Wildman–Crippen LogP) is 1.23. The molecule has 1 fully saturated rings. The summed E-state index contributed by atoms with van der Waals surface area (Å²) in [6.07, 6.45) is 5.69. The molecule has 0 atom stereocenters. The second kappa shape index (κ2) is 6.42. The van der Waals surface area contributed by atoms with E-state index in [4.69, 9.17) is 10.6 Å². The third-order valence-corrected chi connectivity index (χ3v) is 3.00. The number of rotatable bonds is 5. The normalized spacial score (nSPS) is 16.8. The monoisotopic (exact) mass is 236 g/mol. The number of hydrogen-bond donors (Lipinski definition) is 2. The van der Waals surface area contributed by atoms with Gasteiger partial charge in [-0.1, -0.05) is 6.42 Å². The van der Waals surface area contributed by atoms with E-state index in [1.807, 2.05) is 6.07 Å². The molecule has 94 valence electrons. The van der Waals surface area contributed by atoms with E-state index in [0.717, 1.165) is 12.3 Å². The van der Waals surface area contributed by atoms with Gasteiger partial charge in [-0.05, 0) is 32.0 Å². The van der Waals surface area contributed by atoms with Gasteiger partial charge in [0.2, 0.25) is 0 Å². The maximum Gasteiger partial charge on any atom is 0.143 e. The van der Waals surface area contributed by atoms with Crippen LogP contribution < -0.4 is 16.0 Å². The van der Waals surface area contributed by atoms with Crippen LogP contribution in [0.4, 0.5) is 5.82 Å². The third-order valence-electron chi connectivity index (χ3n) is 3.00. The number of nitrogens with zero attached hydrogens (tertiary/aromatic N) is 2. The molecule has 1 aliphatic heterocycles. The Morgan fingerprint density at radius 2 is 2.18 bits per heavy atom. The van der Waals surface area contributed by atoms with Gasteiger partial charge < -0.3 is 10.2 Å². The van der Waals surface area contributed by atoms with E-state index >= 15 is 0 Å². The van der Waals surface area contributed by atoms with Crippen LogP contribution >= 0.6 is 0 Å². The molecule has 0 saturated carbocycles. The van der Waals surface area contributed by atoms with Crippen LogP contribution in [0.1, 0.15) is 19.3 Å². The smallest absolute Gasteiger partial charge is 0.143 e. The standard InChI is InChI=1S/C12H20N4O/c13-15-12-10-11(4-5-14-12)17-9-8-16-6-2-1-3-7-16/h4-5,10H,1-3,6-9,13H2,(H,14,15). The first-order chi connectivity index (χ1) is 8.38. The van der Waals surface area contributed by atoms with Gasteiger partial charge in [0.05, 0.1) is 0 Å². The number of anilines is 1. The van der Waals surface area contributed by atoms with E-state index in [0.29, 0.717) is 12.4 Å². The van der Waals surface area contributed by atoms with Gasteiger partial charge in [0.1, 0.15) is 18.2 Å². The van der Waals surface area contributed by atoms with E-state index in [2.05, 4.69) is 15.3 Å². The summed E-state index contributed by atoms with van der Waals surface area (Å²) in [7, 11) is 0. The lowest BCUT2D eigenvalue weighted by molar-refractivity contribution is 0.183. The van der Waals surface area contributed by atoms with Crippen molar-refractivity contribution in [2.75, 3.05) is 31.7 Å². The molecule has 1 aromatic heterocycles. The number of nitrogens with one attached hydrogen (secondary N) is 1. The number of nitrogen functional groups attached to an aromatic ring is 1. The van der Waals surface area contributed by atoms with Crippen LogP contribution in [0.5, 0.6) is 5.75 Å². The summed E-state index contributed by atoms with van der Waals surface area (Å²) < 4.78 is 5.67. The summed E-state index contributed by atoms with van der Waals surface area (Å²) in [6.45, 7) is 4.12. The van der Waals surface area contributed by atoms with Crippen LogP contribution in [-0.4, -0.2) is 36.1 Å². The van der Waals surface area contributed by atoms with Crippen LogP contribution in [0.3, 0.4) is 0 Å². The highest BCUT2D eigenvalue weighted by atomic mass is 16.5. The van der Waals surface area contributed by atoms with Crippen molar-refractivity contribution in [3.05, 3.63) is 18.3 Å². The quantitative estimate of drug-likeness (QED) is 0.595. The molecule has 2 rings (SSSR count).